The fourth-order valence-electron chi connectivity index (χ4n) is 1.33. The van der Waals surface area contributed by atoms with E-state index < -0.39 is 0 Å². The summed E-state index contributed by atoms with van der Waals surface area (Å²) in [4.78, 5) is 4.08. The van der Waals surface area contributed by atoms with Gasteiger partial charge in [-0.15, -0.1) is 0 Å². The lowest BCUT2D eigenvalue weighted by molar-refractivity contribution is 0.574. The molecule has 12 heavy (non-hydrogen) atoms. The molecule has 0 saturated heterocycles. The van der Waals surface area contributed by atoms with Gasteiger partial charge in [0.05, 0.1) is 6.33 Å². The minimum Gasteiger partial charge on any atom is -0.335 e. The molecule has 0 N–H and O–H groups in total. The molecule has 0 radical (unpaired) electrons. The molecule has 0 aromatic carbocycles. The van der Waals surface area contributed by atoms with Crippen LogP contribution in [-0.4, -0.2) is 9.55 Å². The SMILES string of the molecule is CCCCCCn1cncc1C. The third-order valence-electron chi connectivity index (χ3n) is 2.17. The molecule has 0 fully saturated rings. The van der Waals surface area contributed by atoms with Crippen molar-refractivity contribution in [3.8, 4) is 0 Å². The number of rotatable bonds is 5. The van der Waals surface area contributed by atoms with Crippen LogP contribution in [0.1, 0.15) is 38.3 Å². The highest BCUT2D eigenvalue weighted by Gasteiger charge is 1.94. The van der Waals surface area contributed by atoms with Crippen molar-refractivity contribution < 1.29 is 0 Å². The molecule has 0 atom stereocenters. The van der Waals surface area contributed by atoms with Gasteiger partial charge in [0.25, 0.3) is 0 Å². The smallest absolute Gasteiger partial charge is 0.0948 e. The molecule has 0 bridgehead atoms. The minimum absolute atomic E-state index is 1.13. The van der Waals surface area contributed by atoms with E-state index in [0.29, 0.717) is 0 Å². The summed E-state index contributed by atoms with van der Waals surface area (Å²) in [5, 5.41) is 0. The second-order valence-electron chi connectivity index (χ2n) is 3.29. The second kappa shape index (κ2) is 4.96. The lowest BCUT2D eigenvalue weighted by Gasteiger charge is -2.03. The molecule has 68 valence electrons. The summed E-state index contributed by atoms with van der Waals surface area (Å²) in [7, 11) is 0. The molecular formula is C10H18N2. The Balaban J connectivity index is 2.20. The Morgan fingerprint density at radius 2 is 2.17 bits per heavy atom. The molecule has 0 aliphatic carbocycles. The topological polar surface area (TPSA) is 17.8 Å². The number of unbranched alkanes of at least 4 members (excludes halogenated alkanes) is 3. The first-order valence-corrected chi connectivity index (χ1v) is 4.81. The van der Waals surface area contributed by atoms with E-state index in [4.69, 9.17) is 0 Å². The number of hydrogen-bond acceptors (Lipinski definition) is 1. The van der Waals surface area contributed by atoms with Gasteiger partial charge in [-0.2, -0.15) is 0 Å². The van der Waals surface area contributed by atoms with Crippen LogP contribution in [0.2, 0.25) is 0 Å². The number of aryl methyl sites for hydroxylation is 2. The molecule has 2 heteroatoms. The van der Waals surface area contributed by atoms with Crippen LogP contribution in [0.3, 0.4) is 0 Å². The zero-order chi connectivity index (χ0) is 8.81. The van der Waals surface area contributed by atoms with Gasteiger partial charge in [-0.3, -0.25) is 0 Å². The minimum atomic E-state index is 1.13. The molecule has 1 aromatic heterocycles. The Morgan fingerprint density at radius 1 is 1.33 bits per heavy atom. The molecule has 0 aliphatic heterocycles. The van der Waals surface area contributed by atoms with Crippen molar-refractivity contribution in [1.82, 2.24) is 9.55 Å². The van der Waals surface area contributed by atoms with Gasteiger partial charge in [-0.25, -0.2) is 4.98 Å². The van der Waals surface area contributed by atoms with Gasteiger partial charge in [0.15, 0.2) is 0 Å². The van der Waals surface area contributed by atoms with Crippen LogP contribution in [0.5, 0.6) is 0 Å². The summed E-state index contributed by atoms with van der Waals surface area (Å²) in [6.07, 6.45) is 9.12. The van der Waals surface area contributed by atoms with Crippen LogP contribution >= 0.6 is 0 Å². The summed E-state index contributed by atoms with van der Waals surface area (Å²) >= 11 is 0. The van der Waals surface area contributed by atoms with Crippen molar-refractivity contribution in [3.05, 3.63) is 18.2 Å². The first kappa shape index (κ1) is 9.30. The Bertz CT molecular complexity index is 215. The van der Waals surface area contributed by atoms with Crippen LogP contribution < -0.4 is 0 Å². The second-order valence-corrected chi connectivity index (χ2v) is 3.29. The van der Waals surface area contributed by atoms with E-state index >= 15 is 0 Å². The van der Waals surface area contributed by atoms with Gasteiger partial charge < -0.3 is 4.57 Å². The summed E-state index contributed by atoms with van der Waals surface area (Å²) < 4.78 is 2.22. The predicted molar refractivity (Wildman–Crippen MR) is 51.1 cm³/mol. The van der Waals surface area contributed by atoms with Crippen molar-refractivity contribution >= 4 is 0 Å². The lowest BCUT2D eigenvalue weighted by Crippen LogP contribution is -1.97. The van der Waals surface area contributed by atoms with Crippen LogP contribution in [-0.2, 0) is 6.54 Å². The lowest BCUT2D eigenvalue weighted by atomic mass is 10.2. The van der Waals surface area contributed by atoms with Crippen molar-refractivity contribution in [2.45, 2.75) is 46.1 Å². The zero-order valence-electron chi connectivity index (χ0n) is 8.08. The normalized spacial score (nSPS) is 10.5. The first-order valence-electron chi connectivity index (χ1n) is 4.81. The van der Waals surface area contributed by atoms with Crippen LogP contribution in [0, 0.1) is 6.92 Å². The molecule has 1 rings (SSSR count). The summed E-state index contributed by atoms with van der Waals surface area (Å²) in [5.74, 6) is 0. The van der Waals surface area contributed by atoms with Gasteiger partial charge in [-0.1, -0.05) is 26.2 Å². The average molecular weight is 166 g/mol. The van der Waals surface area contributed by atoms with Gasteiger partial charge in [0, 0.05) is 18.4 Å². The van der Waals surface area contributed by atoms with E-state index in [0.717, 1.165) is 6.54 Å². The van der Waals surface area contributed by atoms with E-state index in [-0.39, 0.29) is 0 Å². The molecule has 0 aliphatic rings. The Hall–Kier alpha value is -0.790. The molecule has 0 saturated carbocycles. The molecule has 0 amide bonds. The van der Waals surface area contributed by atoms with Gasteiger partial charge >= 0.3 is 0 Å². The largest absolute Gasteiger partial charge is 0.335 e. The Morgan fingerprint density at radius 3 is 2.75 bits per heavy atom. The predicted octanol–water partition coefficient (Wildman–Crippen LogP) is 2.77. The van der Waals surface area contributed by atoms with Crippen LogP contribution in [0.15, 0.2) is 12.5 Å². The fraction of sp³-hybridized carbons (Fsp3) is 0.700. The maximum Gasteiger partial charge on any atom is 0.0948 e. The number of nitrogens with zero attached hydrogens (tertiary/aromatic N) is 2. The first-order chi connectivity index (χ1) is 5.84. The summed E-state index contributed by atoms with van der Waals surface area (Å²) in [5.41, 5.74) is 1.27. The maximum absolute atomic E-state index is 4.08. The van der Waals surface area contributed by atoms with Crippen molar-refractivity contribution in [2.75, 3.05) is 0 Å². The van der Waals surface area contributed by atoms with Crippen molar-refractivity contribution in [2.24, 2.45) is 0 Å². The van der Waals surface area contributed by atoms with Gasteiger partial charge in [0.1, 0.15) is 0 Å². The highest BCUT2D eigenvalue weighted by atomic mass is 15.0. The van der Waals surface area contributed by atoms with E-state index in [1.54, 1.807) is 0 Å². The number of imidazole rings is 1. The summed E-state index contributed by atoms with van der Waals surface area (Å²) in [6, 6.07) is 0. The average Bonchev–Trinajstić information content (AvgIpc) is 2.46. The van der Waals surface area contributed by atoms with E-state index in [2.05, 4.69) is 23.4 Å². The van der Waals surface area contributed by atoms with Crippen molar-refractivity contribution in [1.29, 1.82) is 0 Å². The molecule has 2 nitrogen and oxygen atoms in total. The fourth-order valence-corrected chi connectivity index (χ4v) is 1.33. The summed E-state index contributed by atoms with van der Waals surface area (Å²) in [6.45, 7) is 5.47. The molecule has 0 spiro atoms. The third-order valence-corrected chi connectivity index (χ3v) is 2.17. The Labute approximate surface area is 74.6 Å². The van der Waals surface area contributed by atoms with E-state index in [1.165, 1.54) is 31.4 Å². The highest BCUT2D eigenvalue weighted by molar-refractivity contribution is 4.93. The molecule has 1 aromatic rings. The monoisotopic (exact) mass is 166 g/mol. The van der Waals surface area contributed by atoms with E-state index in [1.807, 2.05) is 12.5 Å². The molecule has 1 heterocycles. The highest BCUT2D eigenvalue weighted by Crippen LogP contribution is 2.03. The zero-order valence-corrected chi connectivity index (χ0v) is 8.08. The van der Waals surface area contributed by atoms with Gasteiger partial charge in [0.2, 0.25) is 0 Å². The van der Waals surface area contributed by atoms with E-state index in [9.17, 15) is 0 Å². The van der Waals surface area contributed by atoms with Crippen LogP contribution in [0.4, 0.5) is 0 Å². The molecule has 0 unspecified atom stereocenters. The Kier molecular flexibility index (Phi) is 3.85. The van der Waals surface area contributed by atoms with Crippen LogP contribution in [0.25, 0.3) is 0 Å². The quantitative estimate of drug-likeness (QED) is 0.615. The third kappa shape index (κ3) is 2.68. The van der Waals surface area contributed by atoms with Gasteiger partial charge in [-0.05, 0) is 13.3 Å². The van der Waals surface area contributed by atoms with Crippen molar-refractivity contribution in [3.63, 3.8) is 0 Å². The maximum atomic E-state index is 4.08. The standard InChI is InChI=1S/C10H18N2/c1-3-4-5-6-7-12-9-11-8-10(12)2/h8-9H,3-7H2,1-2H3. The number of aromatic nitrogens is 2. The molecular weight excluding hydrogens is 148 g/mol. The number of hydrogen-bond donors (Lipinski definition) is 0.